The predicted molar refractivity (Wildman–Crippen MR) is 65.8 cm³/mol. The highest BCUT2D eigenvalue weighted by Gasteiger charge is 2.13. The van der Waals surface area contributed by atoms with E-state index in [1.165, 1.54) is 10.7 Å². The maximum absolute atomic E-state index is 13.2. The van der Waals surface area contributed by atoms with Crippen molar-refractivity contribution < 1.29 is 17.7 Å². The summed E-state index contributed by atoms with van der Waals surface area (Å²) in [5.41, 5.74) is -0.111. The van der Waals surface area contributed by atoms with Crippen LogP contribution in [0.1, 0.15) is 5.56 Å². The number of hydrogen-bond donors (Lipinski definition) is 1. The predicted octanol–water partition coefficient (Wildman–Crippen LogP) is 0.626. The van der Waals surface area contributed by atoms with Crippen LogP contribution in [0.4, 0.5) is 10.1 Å². The molecule has 106 valence electrons. The number of nitro benzene ring substituents is 1. The van der Waals surface area contributed by atoms with Crippen LogP contribution in [-0.4, -0.2) is 23.1 Å². The fourth-order valence-corrected chi connectivity index (χ4v) is 2.06. The fourth-order valence-electron chi connectivity index (χ4n) is 1.60. The Kier molecular flexibility index (Phi) is 3.51. The van der Waals surface area contributed by atoms with E-state index in [-0.39, 0.29) is 22.7 Å². The zero-order valence-electron chi connectivity index (χ0n) is 9.93. The second-order valence-corrected chi connectivity index (χ2v) is 5.55. The molecule has 0 unspecified atom stereocenters. The van der Waals surface area contributed by atoms with Crippen LogP contribution in [-0.2, 0) is 16.6 Å². The highest BCUT2D eigenvalue weighted by Crippen LogP contribution is 2.17. The molecule has 0 fully saturated rings. The quantitative estimate of drug-likeness (QED) is 0.655. The molecule has 8 nitrogen and oxygen atoms in total. The van der Waals surface area contributed by atoms with E-state index in [9.17, 15) is 22.9 Å². The number of non-ortho nitro benzene ring substituents is 1. The molecule has 0 aliphatic rings. The Hall–Kier alpha value is -2.33. The molecule has 2 N–H and O–H groups in total. The molecule has 0 bridgehead atoms. The van der Waals surface area contributed by atoms with Gasteiger partial charge in [0.1, 0.15) is 10.7 Å². The van der Waals surface area contributed by atoms with Gasteiger partial charge in [-0.3, -0.25) is 14.8 Å². The summed E-state index contributed by atoms with van der Waals surface area (Å²) in [6.45, 7) is -0.0197. The van der Waals surface area contributed by atoms with Crippen molar-refractivity contribution in [3.8, 4) is 0 Å². The summed E-state index contributed by atoms with van der Waals surface area (Å²) in [4.78, 5) is 9.71. The summed E-state index contributed by atoms with van der Waals surface area (Å²) >= 11 is 0. The van der Waals surface area contributed by atoms with Crippen LogP contribution in [0.25, 0.3) is 0 Å². The van der Waals surface area contributed by atoms with Crippen molar-refractivity contribution in [2.24, 2.45) is 5.14 Å². The lowest BCUT2D eigenvalue weighted by molar-refractivity contribution is -0.385. The molecule has 1 heterocycles. The van der Waals surface area contributed by atoms with Gasteiger partial charge in [0.25, 0.3) is 5.69 Å². The summed E-state index contributed by atoms with van der Waals surface area (Å²) in [5, 5.41) is 19.3. The van der Waals surface area contributed by atoms with Gasteiger partial charge in [0, 0.05) is 12.3 Å². The van der Waals surface area contributed by atoms with Gasteiger partial charge in [-0.15, -0.1) is 0 Å². The molecule has 0 atom stereocenters. The first-order valence-electron chi connectivity index (χ1n) is 5.25. The largest absolute Gasteiger partial charge is 0.272 e. The number of rotatable bonds is 4. The van der Waals surface area contributed by atoms with E-state index in [0.717, 1.165) is 24.5 Å². The SMILES string of the molecule is NS(=O)(=O)c1cnn(Cc2cc(F)cc([N+](=O)[O-])c2)c1. The number of aromatic nitrogens is 2. The van der Waals surface area contributed by atoms with Gasteiger partial charge in [0.05, 0.1) is 23.7 Å². The standard InChI is InChI=1S/C10H9FN4O4S/c11-8-1-7(2-9(3-8)15(16)17)5-14-6-10(4-13-14)20(12,18)19/h1-4,6H,5H2,(H2,12,18,19). The molecule has 2 aromatic rings. The third kappa shape index (κ3) is 3.16. The van der Waals surface area contributed by atoms with Gasteiger partial charge in [0.15, 0.2) is 0 Å². The number of sulfonamides is 1. The Morgan fingerprint density at radius 3 is 2.65 bits per heavy atom. The Morgan fingerprint density at radius 2 is 2.10 bits per heavy atom. The minimum Gasteiger partial charge on any atom is -0.267 e. The Labute approximate surface area is 112 Å². The zero-order chi connectivity index (χ0) is 14.9. The molecular weight excluding hydrogens is 291 g/mol. The third-order valence-corrected chi connectivity index (χ3v) is 3.30. The van der Waals surface area contributed by atoms with Crippen LogP contribution in [0.3, 0.4) is 0 Å². The molecule has 0 saturated heterocycles. The summed E-state index contributed by atoms with van der Waals surface area (Å²) in [7, 11) is -3.87. The molecule has 1 aromatic carbocycles. The van der Waals surface area contributed by atoms with Crippen LogP contribution in [0, 0.1) is 15.9 Å². The highest BCUT2D eigenvalue weighted by atomic mass is 32.2. The number of benzene rings is 1. The molecule has 0 aliphatic heterocycles. The van der Waals surface area contributed by atoms with Crippen molar-refractivity contribution in [2.45, 2.75) is 11.4 Å². The van der Waals surface area contributed by atoms with Crippen molar-refractivity contribution in [1.29, 1.82) is 0 Å². The van der Waals surface area contributed by atoms with E-state index < -0.39 is 20.8 Å². The summed E-state index contributed by atoms with van der Waals surface area (Å²) in [6, 6.07) is 3.08. The zero-order valence-corrected chi connectivity index (χ0v) is 10.7. The van der Waals surface area contributed by atoms with Crippen LogP contribution in [0.15, 0.2) is 35.5 Å². The topological polar surface area (TPSA) is 121 Å². The van der Waals surface area contributed by atoms with Gasteiger partial charge in [-0.2, -0.15) is 5.10 Å². The van der Waals surface area contributed by atoms with Gasteiger partial charge in [-0.25, -0.2) is 17.9 Å². The Morgan fingerprint density at radius 1 is 1.40 bits per heavy atom. The van der Waals surface area contributed by atoms with Gasteiger partial charge in [-0.1, -0.05) is 0 Å². The monoisotopic (exact) mass is 300 g/mol. The van der Waals surface area contributed by atoms with E-state index >= 15 is 0 Å². The molecule has 0 saturated carbocycles. The summed E-state index contributed by atoms with van der Waals surface area (Å²) in [6.07, 6.45) is 2.20. The van der Waals surface area contributed by atoms with Crippen LogP contribution < -0.4 is 5.14 Å². The third-order valence-electron chi connectivity index (χ3n) is 2.44. The van der Waals surface area contributed by atoms with Crippen LogP contribution >= 0.6 is 0 Å². The van der Waals surface area contributed by atoms with Gasteiger partial charge in [0.2, 0.25) is 10.0 Å². The van der Waals surface area contributed by atoms with Crippen LogP contribution in [0.2, 0.25) is 0 Å². The lowest BCUT2D eigenvalue weighted by atomic mass is 10.2. The molecule has 10 heteroatoms. The number of primary sulfonamides is 1. The first-order valence-corrected chi connectivity index (χ1v) is 6.79. The lowest BCUT2D eigenvalue weighted by Gasteiger charge is -2.02. The number of hydrogen-bond acceptors (Lipinski definition) is 5. The Balaban J connectivity index is 2.30. The minimum absolute atomic E-state index is 0.0197. The first-order chi connectivity index (χ1) is 9.25. The van der Waals surface area contributed by atoms with Crippen molar-refractivity contribution in [1.82, 2.24) is 9.78 Å². The fraction of sp³-hybridized carbons (Fsp3) is 0.100. The molecular formula is C10H9FN4O4S. The van der Waals surface area contributed by atoms with Gasteiger partial charge < -0.3 is 0 Å². The number of nitrogens with zero attached hydrogens (tertiary/aromatic N) is 3. The van der Waals surface area contributed by atoms with Gasteiger partial charge in [-0.05, 0) is 11.6 Å². The van der Waals surface area contributed by atoms with Crippen molar-refractivity contribution >= 4 is 15.7 Å². The highest BCUT2D eigenvalue weighted by molar-refractivity contribution is 7.89. The molecule has 1 aromatic heterocycles. The Bertz CT molecular complexity index is 771. The van der Waals surface area contributed by atoms with E-state index in [2.05, 4.69) is 5.10 Å². The normalized spacial score (nSPS) is 11.5. The van der Waals surface area contributed by atoms with E-state index in [4.69, 9.17) is 5.14 Å². The summed E-state index contributed by atoms with van der Waals surface area (Å²) in [5.74, 6) is -0.756. The number of nitrogens with two attached hydrogens (primary N) is 1. The first kappa shape index (κ1) is 14.1. The molecule has 20 heavy (non-hydrogen) atoms. The molecule has 2 rings (SSSR count). The lowest BCUT2D eigenvalue weighted by Crippen LogP contribution is -2.11. The average molecular weight is 300 g/mol. The second-order valence-electron chi connectivity index (χ2n) is 3.99. The van der Waals surface area contributed by atoms with E-state index in [0.29, 0.717) is 0 Å². The van der Waals surface area contributed by atoms with E-state index in [1.807, 2.05) is 0 Å². The second kappa shape index (κ2) is 4.98. The van der Waals surface area contributed by atoms with Crippen molar-refractivity contribution in [3.63, 3.8) is 0 Å². The molecule has 0 amide bonds. The van der Waals surface area contributed by atoms with Crippen molar-refractivity contribution in [2.75, 3.05) is 0 Å². The molecule has 0 radical (unpaired) electrons. The molecule has 0 aliphatic carbocycles. The average Bonchev–Trinajstić information content (AvgIpc) is 2.76. The summed E-state index contributed by atoms with van der Waals surface area (Å²) < 4.78 is 36.6. The van der Waals surface area contributed by atoms with Gasteiger partial charge >= 0.3 is 0 Å². The number of halogens is 1. The van der Waals surface area contributed by atoms with E-state index in [1.54, 1.807) is 0 Å². The smallest absolute Gasteiger partial charge is 0.267 e. The van der Waals surface area contributed by atoms with Crippen LogP contribution in [0.5, 0.6) is 0 Å². The maximum atomic E-state index is 13.2. The maximum Gasteiger partial charge on any atom is 0.272 e. The minimum atomic E-state index is -3.87. The number of nitro groups is 1. The van der Waals surface area contributed by atoms with Crippen molar-refractivity contribution in [3.05, 3.63) is 52.1 Å². The molecule has 0 spiro atoms.